The van der Waals surface area contributed by atoms with Gasteiger partial charge in [0.1, 0.15) is 11.5 Å². The third-order valence-electron chi connectivity index (χ3n) is 5.26. The largest absolute Gasteiger partial charge is 0.483 e. The molecule has 2 amide bonds. The van der Waals surface area contributed by atoms with Crippen LogP contribution in [0.3, 0.4) is 0 Å². The van der Waals surface area contributed by atoms with Crippen LogP contribution in [0, 0.1) is 27.7 Å². The lowest BCUT2D eigenvalue weighted by molar-refractivity contribution is -0.123. The predicted molar refractivity (Wildman–Crippen MR) is 127 cm³/mol. The Hall–Kier alpha value is -3.02. The average molecular weight is 441 g/mol. The molecule has 0 fully saturated rings. The van der Waals surface area contributed by atoms with E-state index < -0.39 is 0 Å². The number of para-hydroxylation sites is 2. The minimum atomic E-state index is -0.108. The Balaban J connectivity index is 1.48. The minimum absolute atomic E-state index is 0.0296. The Morgan fingerprint density at radius 1 is 0.625 bits per heavy atom. The van der Waals surface area contributed by atoms with Crippen LogP contribution in [0.5, 0.6) is 11.5 Å². The first-order valence-electron chi connectivity index (χ1n) is 11.3. The molecule has 0 atom stereocenters. The topological polar surface area (TPSA) is 76.7 Å². The molecule has 0 spiro atoms. The van der Waals surface area contributed by atoms with Gasteiger partial charge in [0.25, 0.3) is 11.8 Å². The summed E-state index contributed by atoms with van der Waals surface area (Å²) in [5, 5.41) is 5.78. The molecule has 0 aliphatic carbocycles. The van der Waals surface area contributed by atoms with E-state index in [0.29, 0.717) is 13.1 Å². The van der Waals surface area contributed by atoms with Gasteiger partial charge in [-0.15, -0.1) is 0 Å². The molecule has 0 unspecified atom stereocenters. The number of unbranched alkanes of at least 4 members (excludes halogenated alkanes) is 3. The first-order valence-corrected chi connectivity index (χ1v) is 11.3. The molecule has 0 radical (unpaired) electrons. The number of ether oxygens (including phenoxy) is 2. The van der Waals surface area contributed by atoms with E-state index in [1.807, 2.05) is 64.1 Å². The van der Waals surface area contributed by atoms with Gasteiger partial charge in [0, 0.05) is 13.1 Å². The molecule has 32 heavy (non-hydrogen) atoms. The highest BCUT2D eigenvalue weighted by molar-refractivity contribution is 5.78. The molecule has 2 rings (SSSR count). The van der Waals surface area contributed by atoms with E-state index in [1.165, 1.54) is 0 Å². The lowest BCUT2D eigenvalue weighted by Gasteiger charge is -2.12. The monoisotopic (exact) mass is 440 g/mol. The van der Waals surface area contributed by atoms with Crippen molar-refractivity contribution in [3.8, 4) is 11.5 Å². The van der Waals surface area contributed by atoms with Gasteiger partial charge in [-0.25, -0.2) is 0 Å². The zero-order valence-corrected chi connectivity index (χ0v) is 19.8. The second-order valence-corrected chi connectivity index (χ2v) is 8.13. The predicted octanol–water partition coefficient (Wildman–Crippen LogP) is 4.17. The van der Waals surface area contributed by atoms with Crippen LogP contribution in [0.25, 0.3) is 0 Å². The van der Waals surface area contributed by atoms with Gasteiger partial charge < -0.3 is 20.1 Å². The maximum absolute atomic E-state index is 12.0. The van der Waals surface area contributed by atoms with E-state index in [2.05, 4.69) is 10.6 Å². The van der Waals surface area contributed by atoms with Crippen LogP contribution in [0.4, 0.5) is 0 Å². The maximum atomic E-state index is 12.0. The first-order chi connectivity index (χ1) is 15.4. The fourth-order valence-corrected chi connectivity index (χ4v) is 3.49. The third kappa shape index (κ3) is 8.61. The summed E-state index contributed by atoms with van der Waals surface area (Å²) in [6.45, 7) is 9.21. The van der Waals surface area contributed by atoms with E-state index in [-0.39, 0.29) is 25.0 Å². The normalized spacial score (nSPS) is 10.5. The highest BCUT2D eigenvalue weighted by atomic mass is 16.5. The summed E-state index contributed by atoms with van der Waals surface area (Å²) >= 11 is 0. The number of amides is 2. The summed E-state index contributed by atoms with van der Waals surface area (Å²) in [5.74, 6) is 1.35. The Morgan fingerprint density at radius 3 is 1.31 bits per heavy atom. The Kier molecular flexibility index (Phi) is 10.6. The number of hydrogen-bond acceptors (Lipinski definition) is 4. The quantitative estimate of drug-likeness (QED) is 0.458. The van der Waals surface area contributed by atoms with Crippen LogP contribution in [-0.4, -0.2) is 38.1 Å². The minimum Gasteiger partial charge on any atom is -0.483 e. The van der Waals surface area contributed by atoms with Crippen molar-refractivity contribution in [3.63, 3.8) is 0 Å². The van der Waals surface area contributed by atoms with Gasteiger partial charge in [0.2, 0.25) is 0 Å². The Bertz CT molecular complexity index is 781. The van der Waals surface area contributed by atoms with Gasteiger partial charge in [-0.05, 0) is 62.8 Å². The molecular weight excluding hydrogens is 404 g/mol. The molecule has 0 saturated carbocycles. The van der Waals surface area contributed by atoms with Crippen LogP contribution in [0.1, 0.15) is 47.9 Å². The van der Waals surface area contributed by atoms with Gasteiger partial charge in [0.05, 0.1) is 0 Å². The molecular formula is C26H36N2O4. The third-order valence-corrected chi connectivity index (χ3v) is 5.26. The fourth-order valence-electron chi connectivity index (χ4n) is 3.49. The molecule has 0 saturated heterocycles. The van der Waals surface area contributed by atoms with Gasteiger partial charge in [-0.2, -0.15) is 0 Å². The summed E-state index contributed by atoms with van der Waals surface area (Å²) in [6, 6.07) is 11.8. The van der Waals surface area contributed by atoms with Crippen LogP contribution in [0.15, 0.2) is 36.4 Å². The molecule has 2 aromatic rings. The molecule has 0 aliphatic heterocycles. The summed E-state index contributed by atoms with van der Waals surface area (Å²) in [7, 11) is 0. The van der Waals surface area contributed by atoms with Gasteiger partial charge in [0.15, 0.2) is 13.2 Å². The molecule has 174 valence electrons. The standard InChI is InChI=1S/C26H36N2O4/c1-19-11-9-12-20(2)25(19)31-17-23(29)27-15-7-5-6-8-16-28-24(30)18-32-26-21(3)13-10-14-22(26)4/h9-14H,5-8,15-18H2,1-4H3,(H,27,29)(H,28,30). The lowest BCUT2D eigenvalue weighted by Crippen LogP contribution is -2.30. The number of rotatable bonds is 13. The first kappa shape index (κ1) is 25.2. The van der Waals surface area contributed by atoms with Crippen molar-refractivity contribution in [2.24, 2.45) is 0 Å². The number of hydrogen-bond donors (Lipinski definition) is 2. The number of aryl methyl sites for hydroxylation is 4. The van der Waals surface area contributed by atoms with Crippen molar-refractivity contribution in [2.75, 3.05) is 26.3 Å². The Morgan fingerprint density at radius 2 is 0.969 bits per heavy atom. The summed E-state index contributed by atoms with van der Waals surface area (Å²) in [4.78, 5) is 23.9. The van der Waals surface area contributed by atoms with Gasteiger partial charge in [-0.3, -0.25) is 9.59 Å². The van der Waals surface area contributed by atoms with E-state index in [0.717, 1.165) is 59.4 Å². The van der Waals surface area contributed by atoms with E-state index >= 15 is 0 Å². The van der Waals surface area contributed by atoms with Crippen molar-refractivity contribution in [3.05, 3.63) is 58.7 Å². The number of nitrogens with one attached hydrogen (secondary N) is 2. The number of benzene rings is 2. The van der Waals surface area contributed by atoms with Gasteiger partial charge >= 0.3 is 0 Å². The average Bonchev–Trinajstić information content (AvgIpc) is 2.75. The zero-order chi connectivity index (χ0) is 23.3. The van der Waals surface area contributed by atoms with Crippen molar-refractivity contribution in [2.45, 2.75) is 53.4 Å². The molecule has 6 heteroatoms. The van der Waals surface area contributed by atoms with Crippen molar-refractivity contribution in [1.29, 1.82) is 0 Å². The molecule has 2 aromatic carbocycles. The van der Waals surface area contributed by atoms with E-state index in [4.69, 9.17) is 9.47 Å². The zero-order valence-electron chi connectivity index (χ0n) is 19.8. The van der Waals surface area contributed by atoms with E-state index in [9.17, 15) is 9.59 Å². The highest BCUT2D eigenvalue weighted by Gasteiger charge is 2.08. The van der Waals surface area contributed by atoms with Gasteiger partial charge in [-0.1, -0.05) is 49.2 Å². The molecule has 0 bridgehead atoms. The summed E-state index contributed by atoms with van der Waals surface area (Å²) < 4.78 is 11.3. The molecule has 0 aromatic heterocycles. The van der Waals surface area contributed by atoms with Crippen molar-refractivity contribution in [1.82, 2.24) is 10.6 Å². The maximum Gasteiger partial charge on any atom is 0.257 e. The number of carbonyl (C=O) groups excluding carboxylic acids is 2. The molecule has 2 N–H and O–H groups in total. The fraction of sp³-hybridized carbons (Fsp3) is 0.462. The Labute approximate surface area is 191 Å². The highest BCUT2D eigenvalue weighted by Crippen LogP contribution is 2.22. The van der Waals surface area contributed by atoms with E-state index in [1.54, 1.807) is 0 Å². The molecule has 0 heterocycles. The smallest absolute Gasteiger partial charge is 0.257 e. The summed E-state index contributed by atoms with van der Waals surface area (Å²) in [6.07, 6.45) is 3.79. The lowest BCUT2D eigenvalue weighted by atomic mass is 10.1. The second kappa shape index (κ2) is 13.4. The molecule has 0 aliphatic rings. The van der Waals surface area contributed by atoms with Crippen molar-refractivity contribution >= 4 is 11.8 Å². The number of carbonyl (C=O) groups is 2. The van der Waals surface area contributed by atoms with Crippen LogP contribution >= 0.6 is 0 Å². The van der Waals surface area contributed by atoms with Crippen LogP contribution in [0.2, 0.25) is 0 Å². The molecule has 6 nitrogen and oxygen atoms in total. The SMILES string of the molecule is Cc1cccc(C)c1OCC(=O)NCCCCCCNC(=O)COc1c(C)cccc1C. The van der Waals surface area contributed by atoms with Crippen LogP contribution in [-0.2, 0) is 9.59 Å². The van der Waals surface area contributed by atoms with Crippen LogP contribution < -0.4 is 20.1 Å². The van der Waals surface area contributed by atoms with Crippen molar-refractivity contribution < 1.29 is 19.1 Å². The summed E-state index contributed by atoms with van der Waals surface area (Å²) in [5.41, 5.74) is 4.12. The second-order valence-electron chi connectivity index (χ2n) is 8.13.